The van der Waals surface area contributed by atoms with Gasteiger partial charge in [-0.2, -0.15) is 15.0 Å². The number of aromatic nitrogens is 5. The van der Waals surface area contributed by atoms with Crippen molar-refractivity contribution in [2.45, 2.75) is 50.2 Å². The Balaban J connectivity index is 1.29. The number of hydrogen-bond acceptors (Lipinski definition) is 14. The van der Waals surface area contributed by atoms with Gasteiger partial charge in [0.15, 0.2) is 33.5 Å². The molecule has 0 unspecified atom stereocenters. The number of nitrogen functional groups attached to an aromatic ring is 1. The summed E-state index contributed by atoms with van der Waals surface area (Å²) in [5.74, 6) is -3.49. The van der Waals surface area contributed by atoms with Crippen LogP contribution in [0, 0.1) is 0 Å². The highest BCUT2D eigenvalue weighted by Crippen LogP contribution is 2.40. The van der Waals surface area contributed by atoms with Crippen molar-refractivity contribution in [3.8, 4) is 0 Å². The van der Waals surface area contributed by atoms with Gasteiger partial charge in [0.25, 0.3) is 11.8 Å². The van der Waals surface area contributed by atoms with Gasteiger partial charge in [0.2, 0.25) is 5.60 Å². The van der Waals surface area contributed by atoms with Crippen LogP contribution in [0.15, 0.2) is 41.3 Å². The van der Waals surface area contributed by atoms with Gasteiger partial charge in [-0.1, -0.05) is 5.16 Å². The number of rotatable bonds is 13. The number of amides is 2. The maximum absolute atomic E-state index is 13.2. The zero-order valence-corrected chi connectivity index (χ0v) is 24.1. The molecular formula is C23H26N10O8S2. The third kappa shape index (κ3) is 6.61. The monoisotopic (exact) mass is 634 g/mol. The number of β-lactam (4-membered cyclic amide) rings is 1. The molecule has 2 amide bonds. The van der Waals surface area contributed by atoms with Gasteiger partial charge in [-0.05, 0) is 6.07 Å². The van der Waals surface area contributed by atoms with Crippen LogP contribution in [0.3, 0.4) is 0 Å². The highest BCUT2D eigenvalue weighted by atomic mass is 32.2. The second-order valence-electron chi connectivity index (χ2n) is 9.88. The molecule has 3 aromatic rings. The van der Waals surface area contributed by atoms with E-state index in [4.69, 9.17) is 10.6 Å². The van der Waals surface area contributed by atoms with Crippen molar-refractivity contribution < 1.29 is 41.9 Å². The van der Waals surface area contributed by atoms with E-state index in [1.165, 1.54) is 11.6 Å². The molecule has 4 heterocycles. The van der Waals surface area contributed by atoms with Crippen LogP contribution < -0.4 is 20.9 Å². The Morgan fingerprint density at radius 1 is 1.37 bits per heavy atom. The van der Waals surface area contributed by atoms with Crippen molar-refractivity contribution in [1.82, 2.24) is 34.9 Å². The standard InChI is InChI=1S/C23H26N10O8S2/c1-31-6-2-3-13(10-31)7-25-8-14-9-26-32(29-14)11-16-18(20(35)33(16)43(38,39)40)28-19(34)17(15-12-42-22(24)27-15)30-41-23(4-5-23)21(36)37/h2-3,6,9-10,12,16,18,25H,4-5,7-8,11H2,1H3,(H4-,24,27,28,34,36,37,38,39,40)/b30-17+/t16-,18+/m1/s1. The molecular weight excluding hydrogens is 608 g/mol. The smallest absolute Gasteiger partial charge is 0.350 e. The lowest BCUT2D eigenvalue weighted by molar-refractivity contribution is -0.671. The molecule has 1 saturated carbocycles. The van der Waals surface area contributed by atoms with Gasteiger partial charge in [0.05, 0.1) is 24.5 Å². The molecule has 0 radical (unpaired) electrons. The normalized spacial score (nSPS) is 19.5. The first-order valence-electron chi connectivity index (χ1n) is 12.7. The van der Waals surface area contributed by atoms with E-state index in [-0.39, 0.29) is 34.5 Å². The van der Waals surface area contributed by atoms with Crippen LogP contribution in [0.25, 0.3) is 0 Å². The average Bonchev–Trinajstić information content (AvgIpc) is 3.40. The predicted molar refractivity (Wildman–Crippen MR) is 144 cm³/mol. The van der Waals surface area contributed by atoms with E-state index in [1.54, 1.807) is 0 Å². The number of thiazole rings is 1. The van der Waals surface area contributed by atoms with Gasteiger partial charge in [-0.3, -0.25) is 9.59 Å². The van der Waals surface area contributed by atoms with Crippen LogP contribution in [-0.2, 0) is 56.2 Å². The van der Waals surface area contributed by atoms with E-state index in [1.807, 2.05) is 36.1 Å². The number of nitrogens with zero attached hydrogens (tertiary/aromatic N) is 7. The van der Waals surface area contributed by atoms with E-state index >= 15 is 0 Å². The summed E-state index contributed by atoms with van der Waals surface area (Å²) in [5.41, 5.74) is 5.05. The lowest BCUT2D eigenvalue weighted by Gasteiger charge is -2.46. The fourth-order valence-corrected chi connectivity index (χ4v) is 5.69. The van der Waals surface area contributed by atoms with Gasteiger partial charge in [-0.25, -0.2) is 27.1 Å². The minimum atomic E-state index is -5.24. The molecule has 1 aliphatic carbocycles. The molecule has 3 aromatic heterocycles. The highest BCUT2D eigenvalue weighted by Gasteiger charge is 2.55. The van der Waals surface area contributed by atoms with Gasteiger partial charge >= 0.3 is 5.97 Å². The van der Waals surface area contributed by atoms with Crippen LogP contribution in [0.5, 0.6) is 0 Å². The summed E-state index contributed by atoms with van der Waals surface area (Å²) in [6.45, 7) is 0.516. The Kier molecular flexibility index (Phi) is 8.10. The molecule has 2 aliphatic rings. The van der Waals surface area contributed by atoms with Crippen molar-refractivity contribution in [2.75, 3.05) is 5.73 Å². The maximum atomic E-state index is 13.2. The first-order valence-corrected chi connectivity index (χ1v) is 15.0. The Morgan fingerprint density at radius 2 is 2.14 bits per heavy atom. The molecule has 18 nitrogen and oxygen atoms in total. The lowest BCUT2D eigenvalue weighted by Crippen LogP contribution is -2.73. The number of pyridine rings is 1. The molecule has 5 N–H and O–H groups in total. The predicted octanol–water partition coefficient (Wildman–Crippen LogP) is -2.37. The fourth-order valence-electron chi connectivity index (χ4n) is 4.29. The van der Waals surface area contributed by atoms with E-state index in [9.17, 15) is 32.5 Å². The second kappa shape index (κ2) is 11.6. The second-order valence-corrected chi connectivity index (χ2v) is 12.0. The number of carbonyl (C=O) groups excluding carboxylic acids is 2. The summed E-state index contributed by atoms with van der Waals surface area (Å²) in [5, 5.41) is 28.4. The number of carbonyl (C=O) groups is 3. The number of aryl methyl sites for hydroxylation is 1. The number of oxime groups is 1. The summed E-state index contributed by atoms with van der Waals surface area (Å²) in [4.78, 5) is 47.7. The molecule has 0 aromatic carbocycles. The summed E-state index contributed by atoms with van der Waals surface area (Å²) in [6.07, 6.45) is 5.62. The molecule has 1 saturated heterocycles. The molecule has 228 valence electrons. The van der Waals surface area contributed by atoms with Gasteiger partial charge in [-0.15, -0.1) is 11.3 Å². The minimum absolute atomic E-state index is 0.0621. The summed E-state index contributed by atoms with van der Waals surface area (Å²) >= 11 is 0.970. The zero-order valence-electron chi connectivity index (χ0n) is 22.5. The Hall–Kier alpha value is -4.53. The highest BCUT2D eigenvalue weighted by molar-refractivity contribution is 7.84. The molecule has 1 aliphatic heterocycles. The summed E-state index contributed by atoms with van der Waals surface area (Å²) in [6, 6.07) is 1.00. The number of carboxylic acids is 1. The summed E-state index contributed by atoms with van der Waals surface area (Å²) < 4.78 is 37.6. The van der Waals surface area contributed by atoms with Crippen LogP contribution >= 0.6 is 11.3 Å². The van der Waals surface area contributed by atoms with Crippen LogP contribution in [0.2, 0.25) is 0 Å². The van der Waals surface area contributed by atoms with Crippen LogP contribution in [0.4, 0.5) is 5.13 Å². The zero-order chi connectivity index (χ0) is 30.9. The van der Waals surface area contributed by atoms with E-state index in [2.05, 4.69) is 31.0 Å². The molecule has 43 heavy (non-hydrogen) atoms. The number of nitrogens with one attached hydrogen (secondary N) is 2. The average molecular weight is 635 g/mol. The first kappa shape index (κ1) is 29.9. The molecule has 2 atom stereocenters. The lowest BCUT2D eigenvalue weighted by atomic mass is 9.98. The number of hydrogen-bond donors (Lipinski definition) is 4. The Bertz CT molecular complexity index is 1700. The maximum Gasteiger partial charge on any atom is 0.350 e. The Labute approximate surface area is 248 Å². The van der Waals surface area contributed by atoms with Crippen molar-refractivity contribution >= 4 is 50.3 Å². The summed E-state index contributed by atoms with van der Waals surface area (Å²) in [7, 11) is -3.34. The molecule has 0 spiro atoms. The molecule has 0 bridgehead atoms. The van der Waals surface area contributed by atoms with Crippen molar-refractivity contribution in [2.24, 2.45) is 12.2 Å². The first-order chi connectivity index (χ1) is 20.4. The number of aliphatic carboxylic acids is 1. The van der Waals surface area contributed by atoms with Gasteiger partial charge in [0, 0.05) is 42.9 Å². The van der Waals surface area contributed by atoms with E-state index < -0.39 is 51.5 Å². The van der Waals surface area contributed by atoms with Gasteiger partial charge in [0.1, 0.15) is 18.8 Å². The number of anilines is 1. The molecule has 2 fully saturated rings. The SMILES string of the molecule is C[n+]1cccc(CNCc2cnn(C[C@@H]3[C@H](NC(=O)/C(=N/OC4(C(=O)O)CC4)c4csc(N)n4)C(=O)N3S(=O)(=O)[O-])n2)c1. The molecule has 5 rings (SSSR count). The quantitative estimate of drug-likeness (QED) is 0.0505. The topological polar surface area (TPSA) is 251 Å². The van der Waals surface area contributed by atoms with E-state index in [0.29, 0.717) is 18.8 Å². The number of nitrogens with two attached hydrogens (primary N) is 1. The third-order valence-corrected chi connectivity index (χ3v) is 8.26. The fraction of sp³-hybridized carbons (Fsp3) is 0.391. The largest absolute Gasteiger partial charge is 0.731 e. The van der Waals surface area contributed by atoms with Gasteiger partial charge < -0.3 is 30.9 Å². The van der Waals surface area contributed by atoms with Crippen molar-refractivity contribution in [1.29, 1.82) is 0 Å². The van der Waals surface area contributed by atoms with Crippen LogP contribution in [-0.4, -0.2) is 83.5 Å². The molecule has 20 heteroatoms. The number of carboxylic acid groups (broad SMARTS) is 1. The van der Waals surface area contributed by atoms with E-state index in [0.717, 1.165) is 21.7 Å². The minimum Gasteiger partial charge on any atom is -0.731 e. The van der Waals surface area contributed by atoms with Crippen LogP contribution in [0.1, 0.15) is 29.8 Å². The Morgan fingerprint density at radius 3 is 2.77 bits per heavy atom. The third-order valence-electron chi connectivity index (χ3n) is 6.65. The van der Waals surface area contributed by atoms with Crippen molar-refractivity contribution in [3.05, 3.63) is 53.1 Å². The van der Waals surface area contributed by atoms with Crippen molar-refractivity contribution in [3.63, 3.8) is 0 Å².